The Bertz CT molecular complexity index is 322. The van der Waals surface area contributed by atoms with E-state index in [1.54, 1.807) is 6.92 Å². The number of carboxylic acid groups (broad SMARTS) is 1. The van der Waals surface area contributed by atoms with Gasteiger partial charge in [-0.25, -0.2) is 0 Å². The fraction of sp³-hybridized carbons (Fsp3) is 0.875. The summed E-state index contributed by atoms with van der Waals surface area (Å²) in [5, 5.41) is 8.50. The number of carboxylic acids is 1. The SMILES string of the molecule is CC(CC(=O)O)NS(=O)(=O)N1CCCC1. The predicted molar refractivity (Wildman–Crippen MR) is 54.6 cm³/mol. The van der Waals surface area contributed by atoms with Crippen LogP contribution in [-0.4, -0.2) is 42.9 Å². The minimum absolute atomic E-state index is 0.201. The molecule has 1 fully saturated rings. The molecular weight excluding hydrogens is 220 g/mol. The zero-order chi connectivity index (χ0) is 11.5. The van der Waals surface area contributed by atoms with Gasteiger partial charge in [0.15, 0.2) is 0 Å². The van der Waals surface area contributed by atoms with Crippen LogP contribution in [0.25, 0.3) is 0 Å². The second kappa shape index (κ2) is 4.91. The Kier molecular flexibility index (Phi) is 4.06. The van der Waals surface area contributed by atoms with E-state index in [1.807, 2.05) is 0 Å². The maximum Gasteiger partial charge on any atom is 0.304 e. The van der Waals surface area contributed by atoms with Crippen molar-refractivity contribution in [3.8, 4) is 0 Å². The average molecular weight is 236 g/mol. The molecule has 7 heteroatoms. The minimum Gasteiger partial charge on any atom is -0.481 e. The third-order valence-corrected chi connectivity index (χ3v) is 3.98. The zero-order valence-electron chi connectivity index (χ0n) is 8.64. The smallest absolute Gasteiger partial charge is 0.304 e. The standard InChI is InChI=1S/C8H16N2O4S/c1-7(6-8(11)12)9-15(13,14)10-4-2-3-5-10/h7,9H,2-6H2,1H3,(H,11,12). The molecule has 6 nitrogen and oxygen atoms in total. The Balaban J connectivity index is 2.51. The molecule has 0 aromatic heterocycles. The molecule has 1 saturated heterocycles. The lowest BCUT2D eigenvalue weighted by atomic mass is 10.3. The van der Waals surface area contributed by atoms with E-state index in [9.17, 15) is 13.2 Å². The molecule has 0 saturated carbocycles. The van der Waals surface area contributed by atoms with Crippen molar-refractivity contribution in [3.05, 3.63) is 0 Å². The van der Waals surface area contributed by atoms with Crippen LogP contribution in [0, 0.1) is 0 Å². The first-order chi connectivity index (χ1) is 6.92. The Morgan fingerprint density at radius 1 is 1.47 bits per heavy atom. The van der Waals surface area contributed by atoms with Gasteiger partial charge in [0.2, 0.25) is 0 Å². The van der Waals surface area contributed by atoms with E-state index in [4.69, 9.17) is 5.11 Å². The van der Waals surface area contributed by atoms with Gasteiger partial charge >= 0.3 is 5.97 Å². The fourth-order valence-corrected chi connectivity index (χ4v) is 3.04. The van der Waals surface area contributed by atoms with E-state index >= 15 is 0 Å². The lowest BCUT2D eigenvalue weighted by Crippen LogP contribution is -2.43. The van der Waals surface area contributed by atoms with E-state index in [0.717, 1.165) is 12.8 Å². The van der Waals surface area contributed by atoms with Crippen LogP contribution < -0.4 is 4.72 Å². The van der Waals surface area contributed by atoms with Gasteiger partial charge in [-0.1, -0.05) is 0 Å². The summed E-state index contributed by atoms with van der Waals surface area (Å²) in [6, 6.07) is -0.576. The molecule has 15 heavy (non-hydrogen) atoms. The summed E-state index contributed by atoms with van der Waals surface area (Å²) in [5.74, 6) is -1.01. The highest BCUT2D eigenvalue weighted by atomic mass is 32.2. The molecule has 0 spiro atoms. The number of carbonyl (C=O) groups is 1. The van der Waals surface area contributed by atoms with Crippen molar-refractivity contribution in [1.82, 2.24) is 9.03 Å². The Labute approximate surface area is 89.4 Å². The van der Waals surface area contributed by atoms with Gasteiger partial charge in [-0.15, -0.1) is 0 Å². The predicted octanol–water partition coefficient (Wildman–Crippen LogP) is -0.220. The molecule has 0 bridgehead atoms. The second-order valence-electron chi connectivity index (χ2n) is 3.73. The van der Waals surface area contributed by atoms with Crippen LogP contribution in [0.5, 0.6) is 0 Å². The molecule has 1 aliphatic heterocycles. The Morgan fingerprint density at radius 3 is 2.47 bits per heavy atom. The number of nitrogens with zero attached hydrogens (tertiary/aromatic N) is 1. The van der Waals surface area contributed by atoms with Gasteiger partial charge in [0.25, 0.3) is 10.2 Å². The van der Waals surface area contributed by atoms with Gasteiger partial charge in [0, 0.05) is 19.1 Å². The molecule has 1 heterocycles. The molecule has 0 aromatic carbocycles. The Hall–Kier alpha value is -0.660. The number of hydrogen-bond donors (Lipinski definition) is 2. The number of aliphatic carboxylic acids is 1. The summed E-state index contributed by atoms with van der Waals surface area (Å²) in [6.45, 7) is 2.59. The first kappa shape index (κ1) is 12.4. The molecular formula is C8H16N2O4S. The average Bonchev–Trinajstić information content (AvgIpc) is 2.51. The molecule has 1 aliphatic rings. The summed E-state index contributed by atoms with van der Waals surface area (Å²) in [4.78, 5) is 10.4. The number of rotatable bonds is 5. The fourth-order valence-electron chi connectivity index (χ4n) is 1.56. The van der Waals surface area contributed by atoms with Crippen LogP contribution in [0.3, 0.4) is 0 Å². The first-order valence-electron chi connectivity index (χ1n) is 4.91. The van der Waals surface area contributed by atoms with Gasteiger partial charge in [-0.3, -0.25) is 4.79 Å². The van der Waals surface area contributed by atoms with E-state index in [0.29, 0.717) is 13.1 Å². The van der Waals surface area contributed by atoms with E-state index in [1.165, 1.54) is 4.31 Å². The maximum atomic E-state index is 11.6. The minimum atomic E-state index is -3.48. The molecule has 0 aliphatic carbocycles. The summed E-state index contributed by atoms with van der Waals surface area (Å²) >= 11 is 0. The van der Waals surface area contributed by atoms with Crippen LogP contribution in [0.4, 0.5) is 0 Å². The Morgan fingerprint density at radius 2 is 2.00 bits per heavy atom. The van der Waals surface area contributed by atoms with Gasteiger partial charge < -0.3 is 5.11 Å². The third kappa shape index (κ3) is 3.77. The van der Waals surface area contributed by atoms with Crippen molar-refractivity contribution in [3.63, 3.8) is 0 Å². The van der Waals surface area contributed by atoms with Crippen molar-refractivity contribution in [2.75, 3.05) is 13.1 Å². The summed E-state index contributed by atoms with van der Waals surface area (Å²) in [5.41, 5.74) is 0. The lowest BCUT2D eigenvalue weighted by molar-refractivity contribution is -0.137. The van der Waals surface area contributed by atoms with Crippen molar-refractivity contribution in [2.45, 2.75) is 32.2 Å². The number of nitrogens with one attached hydrogen (secondary N) is 1. The number of hydrogen-bond acceptors (Lipinski definition) is 3. The largest absolute Gasteiger partial charge is 0.481 e. The summed E-state index contributed by atoms with van der Waals surface area (Å²) < 4.78 is 27.0. The first-order valence-corrected chi connectivity index (χ1v) is 6.35. The molecule has 2 N–H and O–H groups in total. The van der Waals surface area contributed by atoms with Crippen LogP contribution in [-0.2, 0) is 15.0 Å². The highest BCUT2D eigenvalue weighted by Gasteiger charge is 2.26. The van der Waals surface area contributed by atoms with E-state index < -0.39 is 22.2 Å². The van der Waals surface area contributed by atoms with Crippen molar-refractivity contribution < 1.29 is 18.3 Å². The van der Waals surface area contributed by atoms with Gasteiger partial charge in [0.05, 0.1) is 6.42 Å². The normalized spacial score (nSPS) is 20.3. The highest BCUT2D eigenvalue weighted by molar-refractivity contribution is 7.87. The second-order valence-corrected chi connectivity index (χ2v) is 5.43. The third-order valence-electron chi connectivity index (χ3n) is 2.24. The van der Waals surface area contributed by atoms with Crippen molar-refractivity contribution >= 4 is 16.2 Å². The maximum absolute atomic E-state index is 11.6. The summed E-state index contributed by atoms with van der Waals surface area (Å²) in [6.07, 6.45) is 1.54. The van der Waals surface area contributed by atoms with E-state index in [2.05, 4.69) is 4.72 Å². The monoisotopic (exact) mass is 236 g/mol. The molecule has 0 amide bonds. The van der Waals surface area contributed by atoms with Crippen molar-refractivity contribution in [1.29, 1.82) is 0 Å². The molecule has 0 radical (unpaired) electrons. The summed E-state index contributed by atoms with van der Waals surface area (Å²) in [7, 11) is -3.48. The molecule has 0 aromatic rings. The van der Waals surface area contributed by atoms with Crippen LogP contribution in [0.2, 0.25) is 0 Å². The molecule has 1 unspecified atom stereocenters. The van der Waals surface area contributed by atoms with Crippen LogP contribution >= 0.6 is 0 Å². The lowest BCUT2D eigenvalue weighted by Gasteiger charge is -2.19. The van der Waals surface area contributed by atoms with Crippen LogP contribution in [0.15, 0.2) is 0 Å². The quantitative estimate of drug-likeness (QED) is 0.691. The van der Waals surface area contributed by atoms with Crippen molar-refractivity contribution in [2.24, 2.45) is 0 Å². The molecule has 88 valence electrons. The van der Waals surface area contributed by atoms with Gasteiger partial charge in [-0.05, 0) is 19.8 Å². The van der Waals surface area contributed by atoms with Gasteiger partial charge in [-0.2, -0.15) is 17.4 Å². The van der Waals surface area contributed by atoms with E-state index in [-0.39, 0.29) is 6.42 Å². The molecule has 1 rings (SSSR count). The topological polar surface area (TPSA) is 86.7 Å². The zero-order valence-corrected chi connectivity index (χ0v) is 9.46. The highest BCUT2D eigenvalue weighted by Crippen LogP contribution is 2.11. The van der Waals surface area contributed by atoms with Crippen LogP contribution in [0.1, 0.15) is 26.2 Å². The van der Waals surface area contributed by atoms with Gasteiger partial charge in [0.1, 0.15) is 0 Å². The molecule has 1 atom stereocenters.